The number of rotatable bonds is 3. The molecule has 98 valence electrons. The molecule has 3 rings (SSSR count). The number of nitrogens with zero attached hydrogens (tertiary/aromatic N) is 3. The predicted molar refractivity (Wildman–Crippen MR) is 71.0 cm³/mol. The van der Waals surface area contributed by atoms with Crippen molar-refractivity contribution in [1.29, 1.82) is 0 Å². The summed E-state index contributed by atoms with van der Waals surface area (Å²) in [6.45, 7) is 0.906. The molecule has 1 aromatic heterocycles. The molecule has 6 heteroatoms. The van der Waals surface area contributed by atoms with Crippen molar-refractivity contribution in [2.45, 2.75) is 18.9 Å². The monoisotopic (exact) mass is 257 g/mol. The molecule has 1 atom stereocenters. The van der Waals surface area contributed by atoms with Gasteiger partial charge in [-0.05, 0) is 31.5 Å². The normalized spacial score (nSPS) is 18.4. The van der Waals surface area contributed by atoms with Gasteiger partial charge in [-0.2, -0.15) is 0 Å². The molecule has 2 heterocycles. The van der Waals surface area contributed by atoms with Crippen molar-refractivity contribution in [3.05, 3.63) is 36.7 Å². The third kappa shape index (κ3) is 2.48. The number of amides is 1. The Morgan fingerprint density at radius 1 is 1.42 bits per heavy atom. The first kappa shape index (κ1) is 11.9. The lowest BCUT2D eigenvalue weighted by Gasteiger charge is -2.14. The van der Waals surface area contributed by atoms with E-state index in [4.69, 9.17) is 0 Å². The van der Waals surface area contributed by atoms with Crippen LogP contribution in [-0.2, 0) is 4.79 Å². The molecule has 1 amide bonds. The van der Waals surface area contributed by atoms with Crippen LogP contribution in [0.15, 0.2) is 36.7 Å². The molecule has 2 N–H and O–H groups in total. The van der Waals surface area contributed by atoms with E-state index in [1.54, 1.807) is 17.1 Å². The van der Waals surface area contributed by atoms with Gasteiger partial charge in [0.25, 0.3) is 0 Å². The fraction of sp³-hybridized carbons (Fsp3) is 0.308. The van der Waals surface area contributed by atoms with E-state index >= 15 is 0 Å². The Kier molecular flexibility index (Phi) is 3.24. The summed E-state index contributed by atoms with van der Waals surface area (Å²) in [7, 11) is 0. The van der Waals surface area contributed by atoms with Crippen LogP contribution in [0.2, 0.25) is 0 Å². The van der Waals surface area contributed by atoms with Gasteiger partial charge >= 0.3 is 0 Å². The van der Waals surface area contributed by atoms with E-state index in [1.165, 1.54) is 0 Å². The van der Waals surface area contributed by atoms with Gasteiger partial charge in [-0.25, -0.2) is 4.68 Å². The third-order valence-corrected chi connectivity index (χ3v) is 3.21. The Balaban J connectivity index is 1.83. The zero-order valence-corrected chi connectivity index (χ0v) is 10.4. The van der Waals surface area contributed by atoms with Crippen molar-refractivity contribution >= 4 is 11.6 Å². The van der Waals surface area contributed by atoms with E-state index in [-0.39, 0.29) is 11.9 Å². The smallest absolute Gasteiger partial charge is 0.241 e. The van der Waals surface area contributed by atoms with E-state index in [2.05, 4.69) is 20.9 Å². The molecule has 19 heavy (non-hydrogen) atoms. The number of anilines is 1. The van der Waals surface area contributed by atoms with Crippen LogP contribution in [0.3, 0.4) is 0 Å². The summed E-state index contributed by atoms with van der Waals surface area (Å²) in [6, 6.07) is 7.46. The molecule has 1 fully saturated rings. The lowest BCUT2D eigenvalue weighted by atomic mass is 10.2. The largest absolute Gasteiger partial charge is 0.323 e. The highest BCUT2D eigenvalue weighted by atomic mass is 16.2. The molecule has 2 aromatic rings. The summed E-state index contributed by atoms with van der Waals surface area (Å²) in [5, 5.41) is 13.9. The molecular weight excluding hydrogens is 242 g/mol. The highest BCUT2D eigenvalue weighted by Crippen LogP contribution is 2.19. The van der Waals surface area contributed by atoms with Crippen molar-refractivity contribution in [3.63, 3.8) is 0 Å². The summed E-state index contributed by atoms with van der Waals surface area (Å²) in [4.78, 5) is 12.1. The lowest BCUT2D eigenvalue weighted by molar-refractivity contribution is -0.117. The van der Waals surface area contributed by atoms with Crippen molar-refractivity contribution in [3.8, 4) is 5.69 Å². The number of hydrogen-bond acceptors (Lipinski definition) is 4. The standard InChI is InChI=1S/C13H15N5O/c19-13(11-5-3-7-14-11)16-10-4-1-2-6-12(10)18-9-8-15-17-18/h1-2,4,6,8-9,11,14H,3,5,7H2,(H,16,19). The van der Waals surface area contributed by atoms with Crippen LogP contribution in [0, 0.1) is 0 Å². The number of carbonyl (C=O) groups is 1. The van der Waals surface area contributed by atoms with Crippen LogP contribution in [-0.4, -0.2) is 33.5 Å². The topological polar surface area (TPSA) is 71.8 Å². The second-order valence-corrected chi connectivity index (χ2v) is 4.50. The molecule has 0 aliphatic carbocycles. The summed E-state index contributed by atoms with van der Waals surface area (Å²) in [6.07, 6.45) is 5.29. The van der Waals surface area contributed by atoms with Crippen LogP contribution in [0.5, 0.6) is 0 Å². The Morgan fingerprint density at radius 2 is 2.32 bits per heavy atom. The van der Waals surface area contributed by atoms with Gasteiger partial charge in [-0.3, -0.25) is 4.79 Å². The van der Waals surface area contributed by atoms with Gasteiger partial charge in [0.2, 0.25) is 5.91 Å². The maximum atomic E-state index is 12.1. The molecule has 0 bridgehead atoms. The van der Waals surface area contributed by atoms with Crippen LogP contribution in [0.25, 0.3) is 5.69 Å². The number of carbonyl (C=O) groups excluding carboxylic acids is 1. The Labute approximate surface area is 110 Å². The molecule has 0 radical (unpaired) electrons. The third-order valence-electron chi connectivity index (χ3n) is 3.21. The number of benzene rings is 1. The molecule has 1 saturated heterocycles. The fourth-order valence-corrected chi connectivity index (χ4v) is 2.24. The minimum absolute atomic E-state index is 0.00469. The quantitative estimate of drug-likeness (QED) is 0.859. The first-order valence-electron chi connectivity index (χ1n) is 6.34. The average molecular weight is 257 g/mol. The number of para-hydroxylation sites is 2. The van der Waals surface area contributed by atoms with Gasteiger partial charge in [0.15, 0.2) is 0 Å². The van der Waals surface area contributed by atoms with E-state index in [0.29, 0.717) is 0 Å². The number of hydrogen-bond donors (Lipinski definition) is 2. The molecular formula is C13H15N5O. The Hall–Kier alpha value is -2.21. The highest BCUT2D eigenvalue weighted by molar-refractivity contribution is 5.96. The summed E-state index contributed by atoms with van der Waals surface area (Å²) >= 11 is 0. The SMILES string of the molecule is O=C(Nc1ccccc1-n1ccnn1)C1CCCN1. The molecule has 1 aromatic carbocycles. The average Bonchev–Trinajstić information content (AvgIpc) is 3.13. The van der Waals surface area contributed by atoms with Crippen LogP contribution in [0.1, 0.15) is 12.8 Å². The van der Waals surface area contributed by atoms with Crippen LogP contribution >= 0.6 is 0 Å². The van der Waals surface area contributed by atoms with Gasteiger partial charge in [0, 0.05) is 0 Å². The first-order valence-corrected chi connectivity index (χ1v) is 6.34. The van der Waals surface area contributed by atoms with E-state index < -0.39 is 0 Å². The second kappa shape index (κ2) is 5.19. The van der Waals surface area contributed by atoms with Crippen molar-refractivity contribution in [2.75, 3.05) is 11.9 Å². The maximum Gasteiger partial charge on any atom is 0.241 e. The molecule has 1 aliphatic heterocycles. The zero-order chi connectivity index (χ0) is 13.1. The second-order valence-electron chi connectivity index (χ2n) is 4.50. The summed E-state index contributed by atoms with van der Waals surface area (Å²) < 4.78 is 1.64. The summed E-state index contributed by atoms with van der Waals surface area (Å²) in [5.74, 6) is 0.00469. The van der Waals surface area contributed by atoms with Gasteiger partial charge in [-0.1, -0.05) is 17.3 Å². The fourth-order valence-electron chi connectivity index (χ4n) is 2.24. The van der Waals surface area contributed by atoms with Gasteiger partial charge in [-0.15, -0.1) is 5.10 Å². The van der Waals surface area contributed by atoms with Gasteiger partial charge in [0.05, 0.1) is 29.8 Å². The van der Waals surface area contributed by atoms with Crippen molar-refractivity contribution in [1.82, 2.24) is 20.3 Å². The molecule has 0 saturated carbocycles. The predicted octanol–water partition coefficient (Wildman–Crippen LogP) is 0.958. The maximum absolute atomic E-state index is 12.1. The first-order chi connectivity index (χ1) is 9.34. The lowest BCUT2D eigenvalue weighted by Crippen LogP contribution is -2.35. The van der Waals surface area contributed by atoms with E-state index in [9.17, 15) is 4.79 Å². The molecule has 6 nitrogen and oxygen atoms in total. The zero-order valence-electron chi connectivity index (χ0n) is 10.4. The van der Waals surface area contributed by atoms with E-state index in [1.807, 2.05) is 24.3 Å². The van der Waals surface area contributed by atoms with Crippen LogP contribution < -0.4 is 10.6 Å². The van der Waals surface area contributed by atoms with Crippen LogP contribution in [0.4, 0.5) is 5.69 Å². The van der Waals surface area contributed by atoms with Crippen molar-refractivity contribution in [2.24, 2.45) is 0 Å². The Bertz CT molecular complexity index is 560. The van der Waals surface area contributed by atoms with Crippen molar-refractivity contribution < 1.29 is 4.79 Å². The number of nitrogens with one attached hydrogen (secondary N) is 2. The minimum Gasteiger partial charge on any atom is -0.323 e. The minimum atomic E-state index is -0.0937. The van der Waals surface area contributed by atoms with Gasteiger partial charge in [0.1, 0.15) is 0 Å². The molecule has 1 aliphatic rings. The number of aromatic nitrogens is 3. The highest BCUT2D eigenvalue weighted by Gasteiger charge is 2.22. The molecule has 1 unspecified atom stereocenters. The molecule has 0 spiro atoms. The van der Waals surface area contributed by atoms with Gasteiger partial charge < -0.3 is 10.6 Å². The van der Waals surface area contributed by atoms with E-state index in [0.717, 1.165) is 30.8 Å². The summed E-state index contributed by atoms with van der Waals surface area (Å²) in [5.41, 5.74) is 1.55. The Morgan fingerprint density at radius 3 is 3.05 bits per heavy atom.